The van der Waals surface area contributed by atoms with Crippen LogP contribution in [0.15, 0.2) is 47.5 Å². The number of morpholine rings is 1. The number of hydrogen-bond acceptors (Lipinski definition) is 7. The zero-order valence-corrected chi connectivity index (χ0v) is 17.7. The highest BCUT2D eigenvalue weighted by atomic mass is 32.2. The first kappa shape index (κ1) is 19.8. The first-order valence-electron chi connectivity index (χ1n) is 9.67. The predicted octanol–water partition coefficient (Wildman–Crippen LogP) is 3.33. The Morgan fingerprint density at radius 1 is 1.38 bits per heavy atom. The molecule has 7 nitrogen and oxygen atoms in total. The molecule has 152 valence electrons. The smallest absolute Gasteiger partial charge is 0.167 e. The van der Waals surface area contributed by atoms with Gasteiger partial charge in [-0.15, -0.1) is 11.8 Å². The third kappa shape index (κ3) is 3.71. The summed E-state index contributed by atoms with van der Waals surface area (Å²) in [7, 11) is 0. The molecule has 29 heavy (non-hydrogen) atoms. The molecule has 1 unspecified atom stereocenters. The van der Waals surface area contributed by atoms with Crippen molar-refractivity contribution in [2.45, 2.75) is 24.8 Å². The summed E-state index contributed by atoms with van der Waals surface area (Å²) >= 11 is 1.73. The van der Waals surface area contributed by atoms with Crippen LogP contribution in [0.4, 0.5) is 5.82 Å². The third-order valence-electron chi connectivity index (χ3n) is 5.22. The normalized spacial score (nSPS) is 17.7. The van der Waals surface area contributed by atoms with E-state index in [1.807, 2.05) is 19.2 Å². The van der Waals surface area contributed by atoms with Gasteiger partial charge in [0.2, 0.25) is 0 Å². The fraction of sp³-hybridized carbons (Fsp3) is 0.333. The summed E-state index contributed by atoms with van der Waals surface area (Å²) in [5.41, 5.74) is 5.75. The fourth-order valence-electron chi connectivity index (χ4n) is 3.67. The van der Waals surface area contributed by atoms with Gasteiger partial charge in [0.1, 0.15) is 11.6 Å². The van der Waals surface area contributed by atoms with Gasteiger partial charge in [0.05, 0.1) is 25.5 Å². The SMILES string of the molecule is C/C=C(\NN)n1ncc2c(-c3cccc(SC)c3)cc(N3CCOCC3C)nc21. The van der Waals surface area contributed by atoms with E-state index < -0.39 is 0 Å². The summed E-state index contributed by atoms with van der Waals surface area (Å²) in [6.07, 6.45) is 5.83. The summed E-state index contributed by atoms with van der Waals surface area (Å²) in [4.78, 5) is 8.50. The number of rotatable bonds is 5. The number of allylic oxidation sites excluding steroid dienone is 1. The van der Waals surface area contributed by atoms with E-state index >= 15 is 0 Å². The van der Waals surface area contributed by atoms with Gasteiger partial charge in [-0.25, -0.2) is 10.8 Å². The molecule has 3 N–H and O–H groups in total. The number of nitrogens with two attached hydrogens (primary N) is 1. The number of nitrogens with zero attached hydrogens (tertiary/aromatic N) is 4. The second kappa shape index (κ2) is 8.44. The van der Waals surface area contributed by atoms with Gasteiger partial charge in [-0.3, -0.25) is 0 Å². The largest absolute Gasteiger partial charge is 0.377 e. The van der Waals surface area contributed by atoms with E-state index in [1.165, 1.54) is 4.90 Å². The van der Waals surface area contributed by atoms with Crippen LogP contribution in [0.1, 0.15) is 13.8 Å². The lowest BCUT2D eigenvalue weighted by Crippen LogP contribution is -2.44. The van der Waals surface area contributed by atoms with Crippen molar-refractivity contribution >= 4 is 34.4 Å². The molecule has 4 rings (SSSR count). The van der Waals surface area contributed by atoms with Gasteiger partial charge < -0.3 is 15.1 Å². The Balaban J connectivity index is 1.95. The molecule has 1 saturated heterocycles. The van der Waals surface area contributed by atoms with Crippen LogP contribution < -0.4 is 16.2 Å². The van der Waals surface area contributed by atoms with Crippen molar-refractivity contribution in [3.05, 3.63) is 42.6 Å². The molecular formula is C21H26N6OS. The molecule has 0 amide bonds. The maximum absolute atomic E-state index is 5.72. The van der Waals surface area contributed by atoms with Crippen LogP contribution in [0.2, 0.25) is 0 Å². The molecule has 0 spiro atoms. The average Bonchev–Trinajstić information content (AvgIpc) is 3.18. The Morgan fingerprint density at radius 2 is 2.24 bits per heavy atom. The summed E-state index contributed by atoms with van der Waals surface area (Å²) < 4.78 is 7.38. The lowest BCUT2D eigenvalue weighted by molar-refractivity contribution is 0.0986. The highest BCUT2D eigenvalue weighted by molar-refractivity contribution is 7.98. The van der Waals surface area contributed by atoms with E-state index in [1.54, 1.807) is 16.4 Å². The molecule has 0 saturated carbocycles. The van der Waals surface area contributed by atoms with Gasteiger partial charge in [-0.05, 0) is 55.5 Å². The topological polar surface area (TPSA) is 81.2 Å². The van der Waals surface area contributed by atoms with Crippen molar-refractivity contribution in [3.8, 4) is 11.1 Å². The van der Waals surface area contributed by atoms with E-state index in [0.29, 0.717) is 19.0 Å². The van der Waals surface area contributed by atoms with Gasteiger partial charge in [-0.1, -0.05) is 12.1 Å². The van der Waals surface area contributed by atoms with Gasteiger partial charge in [0, 0.05) is 16.8 Å². The van der Waals surface area contributed by atoms with E-state index in [-0.39, 0.29) is 6.04 Å². The van der Waals surface area contributed by atoms with Crippen molar-refractivity contribution in [2.75, 3.05) is 30.9 Å². The number of thioether (sulfide) groups is 1. The molecule has 1 fully saturated rings. The standard InChI is InChI=1S/C21H26N6OS/c1-4-19(25-22)27-21-18(12-23-27)17(15-6-5-7-16(10-15)29-3)11-20(24-21)26-8-9-28-13-14(26)2/h4-7,10-12,14,25H,8-9,13,22H2,1-3H3/b19-4+. The minimum atomic E-state index is 0.254. The summed E-state index contributed by atoms with van der Waals surface area (Å²) in [5, 5.41) is 5.55. The number of ether oxygens (including phenoxy) is 1. The molecule has 1 atom stereocenters. The molecule has 1 aliphatic rings. The summed E-state index contributed by atoms with van der Waals surface area (Å²) in [6.45, 7) is 6.28. The van der Waals surface area contributed by atoms with Crippen molar-refractivity contribution in [3.63, 3.8) is 0 Å². The van der Waals surface area contributed by atoms with Crippen LogP contribution in [-0.2, 0) is 4.74 Å². The maximum atomic E-state index is 5.72. The molecule has 0 aliphatic carbocycles. The molecule has 2 aromatic heterocycles. The lowest BCUT2D eigenvalue weighted by Gasteiger charge is -2.34. The number of benzene rings is 1. The van der Waals surface area contributed by atoms with E-state index in [9.17, 15) is 0 Å². The van der Waals surface area contributed by atoms with Crippen LogP contribution in [0, 0.1) is 0 Å². The number of pyridine rings is 1. The monoisotopic (exact) mass is 410 g/mol. The molecule has 1 aliphatic heterocycles. The van der Waals surface area contributed by atoms with E-state index in [4.69, 9.17) is 15.6 Å². The lowest BCUT2D eigenvalue weighted by atomic mass is 10.0. The van der Waals surface area contributed by atoms with Crippen LogP contribution in [-0.4, -0.2) is 46.8 Å². The van der Waals surface area contributed by atoms with Crippen molar-refractivity contribution in [2.24, 2.45) is 5.84 Å². The van der Waals surface area contributed by atoms with Gasteiger partial charge in [0.25, 0.3) is 0 Å². The van der Waals surface area contributed by atoms with Crippen LogP contribution in [0.25, 0.3) is 28.0 Å². The second-order valence-electron chi connectivity index (χ2n) is 6.99. The Bertz CT molecular complexity index is 1050. The minimum Gasteiger partial charge on any atom is -0.377 e. The maximum Gasteiger partial charge on any atom is 0.167 e. The molecule has 3 heterocycles. The number of fused-ring (bicyclic) bond motifs is 1. The molecule has 0 radical (unpaired) electrons. The van der Waals surface area contributed by atoms with Gasteiger partial charge in [-0.2, -0.15) is 9.78 Å². The highest BCUT2D eigenvalue weighted by Crippen LogP contribution is 2.34. The summed E-state index contributed by atoms with van der Waals surface area (Å²) in [6, 6.07) is 11.0. The Hall–Kier alpha value is -2.55. The zero-order chi connectivity index (χ0) is 20.4. The minimum absolute atomic E-state index is 0.254. The zero-order valence-electron chi connectivity index (χ0n) is 16.9. The van der Waals surface area contributed by atoms with Crippen LogP contribution in [0.3, 0.4) is 0 Å². The molecule has 1 aromatic carbocycles. The van der Waals surface area contributed by atoms with Crippen LogP contribution >= 0.6 is 11.8 Å². The Labute approximate surface area is 174 Å². The van der Waals surface area contributed by atoms with Crippen molar-refractivity contribution in [1.82, 2.24) is 20.2 Å². The molecular weight excluding hydrogens is 384 g/mol. The molecule has 3 aromatic rings. The van der Waals surface area contributed by atoms with Crippen LogP contribution in [0.5, 0.6) is 0 Å². The van der Waals surface area contributed by atoms with E-state index in [2.05, 4.69) is 58.9 Å². The Kier molecular flexibility index (Phi) is 5.75. The molecule has 8 heteroatoms. The second-order valence-corrected chi connectivity index (χ2v) is 7.87. The number of hydrogen-bond donors (Lipinski definition) is 2. The van der Waals surface area contributed by atoms with Gasteiger partial charge >= 0.3 is 0 Å². The highest BCUT2D eigenvalue weighted by Gasteiger charge is 2.23. The number of anilines is 1. The first-order chi connectivity index (χ1) is 14.2. The molecule has 0 bridgehead atoms. The number of aromatic nitrogens is 3. The summed E-state index contributed by atoms with van der Waals surface area (Å²) in [5.74, 6) is 7.33. The first-order valence-corrected chi connectivity index (χ1v) is 10.9. The number of hydrazine groups is 1. The van der Waals surface area contributed by atoms with Crippen molar-refractivity contribution in [1.29, 1.82) is 0 Å². The third-order valence-corrected chi connectivity index (χ3v) is 5.95. The predicted molar refractivity (Wildman–Crippen MR) is 120 cm³/mol. The number of nitrogens with one attached hydrogen (secondary N) is 1. The quantitative estimate of drug-likeness (QED) is 0.379. The average molecular weight is 411 g/mol. The van der Waals surface area contributed by atoms with Gasteiger partial charge in [0.15, 0.2) is 5.65 Å². The van der Waals surface area contributed by atoms with Crippen molar-refractivity contribution < 1.29 is 4.74 Å². The Morgan fingerprint density at radius 3 is 2.97 bits per heavy atom. The van der Waals surface area contributed by atoms with E-state index in [0.717, 1.165) is 34.5 Å². The fourth-order valence-corrected chi connectivity index (χ4v) is 4.13.